The van der Waals surface area contributed by atoms with E-state index in [-0.39, 0.29) is 0 Å². The monoisotopic (exact) mass is 441 g/mol. The average Bonchev–Trinajstić information content (AvgIpc) is 3.27. The third kappa shape index (κ3) is 3.30. The number of amides is 1. The van der Waals surface area contributed by atoms with Crippen LogP contribution in [0.2, 0.25) is 0 Å². The van der Waals surface area contributed by atoms with Gasteiger partial charge in [-0.25, -0.2) is 13.8 Å². The number of benzene rings is 2. The van der Waals surface area contributed by atoms with Crippen molar-refractivity contribution < 1.29 is 13.6 Å². The molecule has 0 atom stereocenters. The van der Waals surface area contributed by atoms with Crippen molar-refractivity contribution in [1.29, 1.82) is 0 Å². The van der Waals surface area contributed by atoms with E-state index >= 15 is 0 Å². The molecule has 0 bridgehead atoms. The first kappa shape index (κ1) is 19.3. The third-order valence-corrected chi connectivity index (χ3v) is 7.36. The summed E-state index contributed by atoms with van der Waals surface area (Å²) in [7, 11) is 2.05. The summed E-state index contributed by atoms with van der Waals surface area (Å²) >= 11 is 3.01. The number of halogens is 2. The minimum absolute atomic E-state index is 0.573. The van der Waals surface area contributed by atoms with Crippen LogP contribution in [0, 0.1) is 11.6 Å². The fourth-order valence-electron chi connectivity index (χ4n) is 3.71. The highest BCUT2D eigenvalue weighted by atomic mass is 32.1. The van der Waals surface area contributed by atoms with Crippen molar-refractivity contribution in [3.63, 3.8) is 0 Å². The molecule has 1 aliphatic heterocycles. The van der Waals surface area contributed by atoms with Crippen molar-refractivity contribution >= 4 is 43.8 Å². The van der Waals surface area contributed by atoms with E-state index in [4.69, 9.17) is 4.98 Å². The number of thiazole rings is 1. The second kappa shape index (κ2) is 7.54. The lowest BCUT2D eigenvalue weighted by Crippen LogP contribution is -2.25. The van der Waals surface area contributed by atoms with Gasteiger partial charge in [0, 0.05) is 23.5 Å². The predicted molar refractivity (Wildman–Crippen MR) is 117 cm³/mol. The van der Waals surface area contributed by atoms with E-state index in [9.17, 15) is 13.6 Å². The van der Waals surface area contributed by atoms with E-state index in [1.54, 1.807) is 11.3 Å². The van der Waals surface area contributed by atoms with Gasteiger partial charge in [-0.3, -0.25) is 4.79 Å². The van der Waals surface area contributed by atoms with Crippen LogP contribution >= 0.6 is 22.7 Å². The third-order valence-electron chi connectivity index (χ3n) is 5.17. The van der Waals surface area contributed by atoms with Crippen molar-refractivity contribution in [2.45, 2.75) is 13.0 Å². The molecule has 8 heteroatoms. The van der Waals surface area contributed by atoms with Crippen LogP contribution in [0.25, 0.3) is 20.8 Å². The molecule has 30 heavy (non-hydrogen) atoms. The van der Waals surface area contributed by atoms with Gasteiger partial charge in [-0.05, 0) is 43.3 Å². The molecule has 0 saturated carbocycles. The first-order valence-corrected chi connectivity index (χ1v) is 11.1. The number of likely N-dealkylation sites (N-methyl/N-ethyl adjacent to an activating group) is 1. The maximum atomic E-state index is 14.1. The number of fused-ring (bicyclic) bond motifs is 2. The summed E-state index contributed by atoms with van der Waals surface area (Å²) in [4.78, 5) is 20.9. The van der Waals surface area contributed by atoms with Crippen LogP contribution < -0.4 is 5.32 Å². The largest absolute Gasteiger partial charge is 0.313 e. The Balaban J connectivity index is 1.62. The summed E-state index contributed by atoms with van der Waals surface area (Å²) in [5.74, 6) is -2.55. The van der Waals surface area contributed by atoms with Gasteiger partial charge in [0.2, 0.25) is 0 Å². The van der Waals surface area contributed by atoms with E-state index in [2.05, 4.69) is 10.2 Å². The smallest absolute Gasteiger partial charge is 0.262 e. The first-order valence-electron chi connectivity index (χ1n) is 9.45. The van der Waals surface area contributed by atoms with Crippen molar-refractivity contribution in [1.82, 2.24) is 9.88 Å². The fourth-order valence-corrected chi connectivity index (χ4v) is 6.14. The zero-order valence-electron chi connectivity index (χ0n) is 16.0. The molecule has 152 valence electrons. The van der Waals surface area contributed by atoms with Crippen LogP contribution in [0.15, 0.2) is 42.5 Å². The molecule has 0 radical (unpaired) electrons. The Labute approximate surface area is 179 Å². The van der Waals surface area contributed by atoms with Gasteiger partial charge in [0.1, 0.15) is 27.2 Å². The normalized spacial score (nSPS) is 14.1. The first-order chi connectivity index (χ1) is 14.5. The summed E-state index contributed by atoms with van der Waals surface area (Å²) in [6, 6.07) is 11.3. The summed E-state index contributed by atoms with van der Waals surface area (Å²) in [5, 5.41) is 4.16. The van der Waals surface area contributed by atoms with Crippen molar-refractivity contribution in [2.24, 2.45) is 0 Å². The van der Waals surface area contributed by atoms with Crippen LogP contribution in [-0.2, 0) is 13.0 Å². The van der Waals surface area contributed by atoms with Crippen LogP contribution in [0.3, 0.4) is 0 Å². The highest BCUT2D eigenvalue weighted by Gasteiger charge is 2.28. The number of para-hydroxylation sites is 1. The molecule has 0 aliphatic carbocycles. The van der Waals surface area contributed by atoms with E-state index in [0.717, 1.165) is 62.9 Å². The van der Waals surface area contributed by atoms with Gasteiger partial charge in [0.05, 0.1) is 10.2 Å². The predicted octanol–water partition coefficient (Wildman–Crippen LogP) is 5.54. The molecular formula is C22H17F2N3OS2. The summed E-state index contributed by atoms with van der Waals surface area (Å²) in [5.41, 5.74) is 2.34. The molecular weight excluding hydrogens is 424 g/mol. The Hall–Kier alpha value is -2.68. The molecule has 2 aromatic carbocycles. The minimum atomic E-state index is -0.880. The van der Waals surface area contributed by atoms with E-state index in [1.165, 1.54) is 17.4 Å². The number of nitrogens with one attached hydrogen (secondary N) is 1. The van der Waals surface area contributed by atoms with Gasteiger partial charge in [-0.15, -0.1) is 22.7 Å². The Kier molecular flexibility index (Phi) is 4.85. The number of anilines is 1. The van der Waals surface area contributed by atoms with E-state index < -0.39 is 23.1 Å². The zero-order chi connectivity index (χ0) is 20.8. The number of rotatable bonds is 3. The zero-order valence-corrected chi connectivity index (χ0v) is 17.7. The second-order valence-electron chi connectivity index (χ2n) is 7.23. The maximum absolute atomic E-state index is 14.1. The quantitative estimate of drug-likeness (QED) is 0.454. The number of carbonyl (C=O) groups is 1. The van der Waals surface area contributed by atoms with Gasteiger partial charge in [0.15, 0.2) is 0 Å². The number of aromatic nitrogens is 1. The van der Waals surface area contributed by atoms with Crippen LogP contribution in [0.1, 0.15) is 20.8 Å². The number of carbonyl (C=O) groups excluding carboxylic acids is 1. The summed E-state index contributed by atoms with van der Waals surface area (Å²) < 4.78 is 29.3. The molecule has 0 fully saturated rings. The summed E-state index contributed by atoms with van der Waals surface area (Å²) in [6.07, 6.45) is 0.831. The lowest BCUT2D eigenvalue weighted by atomic mass is 10.0. The molecule has 0 spiro atoms. The molecule has 4 aromatic rings. The van der Waals surface area contributed by atoms with Gasteiger partial charge < -0.3 is 10.2 Å². The van der Waals surface area contributed by atoms with Crippen LogP contribution in [-0.4, -0.2) is 29.4 Å². The van der Waals surface area contributed by atoms with Crippen LogP contribution in [0.4, 0.5) is 13.8 Å². The van der Waals surface area contributed by atoms with Gasteiger partial charge in [0.25, 0.3) is 5.91 Å². The average molecular weight is 442 g/mol. The number of hydrogen-bond acceptors (Lipinski definition) is 5. The molecule has 1 aliphatic rings. The lowest BCUT2D eigenvalue weighted by Gasteiger charge is -2.22. The van der Waals surface area contributed by atoms with Crippen LogP contribution in [0.5, 0.6) is 0 Å². The Bertz CT molecular complexity index is 1230. The topological polar surface area (TPSA) is 45.2 Å². The second-order valence-corrected chi connectivity index (χ2v) is 9.37. The molecule has 3 heterocycles. The Morgan fingerprint density at radius 3 is 2.63 bits per heavy atom. The molecule has 5 rings (SSSR count). The Morgan fingerprint density at radius 2 is 1.87 bits per heavy atom. The minimum Gasteiger partial charge on any atom is -0.313 e. The lowest BCUT2D eigenvalue weighted by molar-refractivity contribution is 0.101. The number of thiophene rings is 1. The molecule has 2 aromatic heterocycles. The Morgan fingerprint density at radius 1 is 1.10 bits per heavy atom. The molecule has 1 amide bonds. The molecule has 4 nitrogen and oxygen atoms in total. The van der Waals surface area contributed by atoms with Crippen molar-refractivity contribution in [3.8, 4) is 10.6 Å². The van der Waals surface area contributed by atoms with Gasteiger partial charge in [-0.1, -0.05) is 18.2 Å². The van der Waals surface area contributed by atoms with Gasteiger partial charge in [-0.2, -0.15) is 0 Å². The summed E-state index contributed by atoms with van der Waals surface area (Å²) in [6.45, 7) is 1.67. The standard InChI is InChI=1S/C22H17F2N3OS2/c1-27-10-9-12-17(11-27)30-22(26-20(28)19-13(23)5-4-6-14(19)24)18(12)21-25-15-7-2-3-8-16(15)29-21/h2-8H,9-11H2,1H3,(H,26,28). The maximum Gasteiger partial charge on any atom is 0.262 e. The van der Waals surface area contributed by atoms with E-state index in [1.807, 2.05) is 31.3 Å². The molecule has 1 N–H and O–H groups in total. The fraction of sp³-hybridized carbons (Fsp3) is 0.182. The highest BCUT2D eigenvalue weighted by Crippen LogP contribution is 2.45. The van der Waals surface area contributed by atoms with E-state index in [0.29, 0.717) is 5.00 Å². The molecule has 0 unspecified atom stereocenters. The van der Waals surface area contributed by atoms with Crippen molar-refractivity contribution in [2.75, 3.05) is 18.9 Å². The van der Waals surface area contributed by atoms with Gasteiger partial charge >= 0.3 is 0 Å². The number of hydrogen-bond donors (Lipinski definition) is 1. The number of nitrogens with zero attached hydrogens (tertiary/aromatic N) is 2. The molecule has 0 saturated heterocycles. The highest BCUT2D eigenvalue weighted by molar-refractivity contribution is 7.23. The van der Waals surface area contributed by atoms with Crippen molar-refractivity contribution in [3.05, 3.63) is 70.1 Å². The SMILES string of the molecule is CN1CCc2c(sc(NC(=O)c3c(F)cccc3F)c2-c2nc3ccccc3s2)C1.